The Hall–Kier alpha value is -1.64. The minimum atomic E-state index is -2.06. The molecular weight excluding hydrogens is 889 g/mol. The van der Waals surface area contributed by atoms with Gasteiger partial charge < -0.3 is 60.1 Å². The van der Waals surface area contributed by atoms with Crippen molar-refractivity contribution in [3.05, 3.63) is 0 Å². The van der Waals surface area contributed by atoms with Crippen molar-refractivity contribution in [2.24, 2.45) is 27.0 Å². The Bertz CT molecular complexity index is 1170. The lowest BCUT2D eigenvalue weighted by Gasteiger charge is -2.32. The monoisotopic (exact) mass is 1000 g/mol. The number of aliphatic hydroxyl groups is 1. The van der Waals surface area contributed by atoms with Gasteiger partial charge in [0, 0.05) is 64.6 Å². The van der Waals surface area contributed by atoms with Crippen LogP contribution in [0.25, 0.3) is 0 Å². The summed E-state index contributed by atoms with van der Waals surface area (Å²) >= 11 is 0. The minimum absolute atomic E-state index is 0.0377. The molecule has 0 spiro atoms. The van der Waals surface area contributed by atoms with E-state index in [4.69, 9.17) is 34.6 Å². The quantitative estimate of drug-likeness (QED) is 0.00739. The SMILES string of the molecule is CCC(CC)(COCC(C)NC(N)=NCCCCCCN(CCCCCCNC)CC(O)CCOCCC[Si](C)(OC)OC)COCC(C)NC(=NCCCCCCCCCCCCCNC)NN. The van der Waals surface area contributed by atoms with Crippen LogP contribution in [-0.2, 0) is 23.1 Å². The fraction of sp³-hybridized carbons (Fsp3) is 0.962. The molecule has 16 nitrogen and oxygen atoms in total. The highest BCUT2D eigenvalue weighted by Crippen LogP contribution is 2.27. The van der Waals surface area contributed by atoms with E-state index in [2.05, 4.69) is 75.8 Å². The maximum Gasteiger partial charge on any atom is 0.334 e. The summed E-state index contributed by atoms with van der Waals surface area (Å²) in [5.74, 6) is 6.89. The largest absolute Gasteiger partial charge is 0.398 e. The van der Waals surface area contributed by atoms with Crippen LogP contribution in [-0.4, -0.2) is 162 Å². The summed E-state index contributed by atoms with van der Waals surface area (Å²) in [4.78, 5) is 11.7. The van der Waals surface area contributed by atoms with Crippen molar-refractivity contribution in [1.29, 1.82) is 0 Å². The van der Waals surface area contributed by atoms with E-state index in [9.17, 15) is 5.11 Å². The third-order valence-corrected chi connectivity index (χ3v) is 16.5. The van der Waals surface area contributed by atoms with Crippen molar-refractivity contribution in [2.45, 2.75) is 206 Å². The maximum atomic E-state index is 10.9. The standard InChI is InChI=1S/C52H114N10O6Si/c1-10-52(11-2,46-68-44-48(4)60-51(61-54)58-36-28-20-18-16-14-12-13-15-17-19-25-33-55-5)45-67-43-47(3)59-50(53)57-35-27-22-24-30-38-62(37-29-23-21-26-34-56-6)42-49(63)32-40-66-39-31-41-69(9,64-7)65-8/h47-49,55-56,63H,10-46,54H2,1-9H3,(H3,53,57,59)(H2,58,60,61). The highest BCUT2D eigenvalue weighted by molar-refractivity contribution is 6.65. The predicted molar refractivity (Wildman–Crippen MR) is 294 cm³/mol. The van der Waals surface area contributed by atoms with E-state index in [0.717, 1.165) is 96.6 Å². The van der Waals surface area contributed by atoms with Gasteiger partial charge in [-0.1, -0.05) is 97.3 Å². The highest BCUT2D eigenvalue weighted by atomic mass is 28.4. The van der Waals surface area contributed by atoms with Crippen LogP contribution in [0.3, 0.4) is 0 Å². The summed E-state index contributed by atoms with van der Waals surface area (Å²) in [7, 11) is 5.43. The third-order valence-electron chi connectivity index (χ3n) is 13.5. The van der Waals surface area contributed by atoms with Gasteiger partial charge in [-0.15, -0.1) is 0 Å². The number of hydrazine groups is 1. The van der Waals surface area contributed by atoms with E-state index in [0.29, 0.717) is 71.1 Å². The van der Waals surface area contributed by atoms with Crippen LogP contribution >= 0.6 is 0 Å². The molecule has 10 N–H and O–H groups in total. The Balaban J connectivity index is 4.45. The first-order chi connectivity index (χ1) is 33.4. The third kappa shape index (κ3) is 40.5. The average Bonchev–Trinajstić information content (AvgIpc) is 3.34. The Morgan fingerprint density at radius 2 is 1.10 bits per heavy atom. The second kappa shape index (κ2) is 47.4. The second-order valence-corrected chi connectivity index (χ2v) is 23.5. The van der Waals surface area contributed by atoms with Crippen molar-refractivity contribution in [3.63, 3.8) is 0 Å². The summed E-state index contributed by atoms with van der Waals surface area (Å²) in [6.45, 7) is 20.6. The van der Waals surface area contributed by atoms with Crippen molar-refractivity contribution < 1.29 is 28.2 Å². The van der Waals surface area contributed by atoms with Crippen LogP contribution in [0.2, 0.25) is 12.6 Å². The molecule has 0 bridgehead atoms. The van der Waals surface area contributed by atoms with E-state index in [1.165, 1.54) is 83.5 Å². The number of unbranched alkanes of at least 4 members (excludes halogenated alkanes) is 16. The first-order valence-electron chi connectivity index (χ1n) is 27.8. The van der Waals surface area contributed by atoms with Gasteiger partial charge in [-0.05, 0) is 131 Å². The number of ether oxygens (including phenoxy) is 3. The lowest BCUT2D eigenvalue weighted by molar-refractivity contribution is -0.0329. The van der Waals surface area contributed by atoms with E-state index in [1.807, 2.05) is 14.1 Å². The van der Waals surface area contributed by atoms with Crippen LogP contribution < -0.4 is 38.3 Å². The normalized spacial score (nSPS) is 14.1. The Morgan fingerprint density at radius 1 is 0.638 bits per heavy atom. The van der Waals surface area contributed by atoms with Gasteiger partial charge in [0.1, 0.15) is 0 Å². The van der Waals surface area contributed by atoms with Gasteiger partial charge >= 0.3 is 8.56 Å². The number of hydrogen-bond donors (Lipinski definition) is 8. The molecule has 3 unspecified atom stereocenters. The lowest BCUT2D eigenvalue weighted by atomic mass is 9.84. The molecule has 17 heteroatoms. The molecule has 0 aromatic rings. The number of aliphatic hydroxyl groups excluding tert-OH is 1. The fourth-order valence-corrected chi connectivity index (χ4v) is 9.69. The summed E-state index contributed by atoms with van der Waals surface area (Å²) in [6.07, 6.45) is 26.6. The van der Waals surface area contributed by atoms with Crippen molar-refractivity contribution in [2.75, 3.05) is 114 Å². The maximum absolute atomic E-state index is 10.9. The fourth-order valence-electron chi connectivity index (χ4n) is 8.33. The molecule has 0 aromatic carbocycles. The number of nitrogens with one attached hydrogen (secondary N) is 5. The number of nitrogens with zero attached hydrogens (tertiary/aromatic N) is 3. The number of rotatable bonds is 51. The minimum Gasteiger partial charge on any atom is -0.398 e. The van der Waals surface area contributed by atoms with E-state index >= 15 is 0 Å². The van der Waals surface area contributed by atoms with E-state index in [-0.39, 0.29) is 17.5 Å². The predicted octanol–water partition coefficient (Wildman–Crippen LogP) is 7.59. The molecule has 0 aromatic heterocycles. The van der Waals surface area contributed by atoms with Crippen molar-refractivity contribution in [1.82, 2.24) is 31.6 Å². The molecule has 0 amide bonds. The van der Waals surface area contributed by atoms with Crippen molar-refractivity contribution >= 4 is 20.5 Å². The van der Waals surface area contributed by atoms with Gasteiger partial charge in [0.15, 0.2) is 5.96 Å². The molecule has 0 radical (unpaired) electrons. The molecule has 0 rings (SSSR count). The zero-order valence-corrected chi connectivity index (χ0v) is 47.4. The molecule has 0 saturated carbocycles. The summed E-state index contributed by atoms with van der Waals surface area (Å²) < 4.78 is 29.5. The van der Waals surface area contributed by atoms with Crippen LogP contribution in [0.5, 0.6) is 0 Å². The number of hydrogen-bond acceptors (Lipinski definition) is 12. The van der Waals surface area contributed by atoms with Crippen molar-refractivity contribution in [3.8, 4) is 0 Å². The number of guanidine groups is 2. The number of nitrogens with two attached hydrogens (primary N) is 2. The Labute approximate surface area is 425 Å². The molecule has 412 valence electrons. The summed E-state index contributed by atoms with van der Waals surface area (Å²) in [5, 5.41) is 24.0. The zero-order chi connectivity index (χ0) is 51.1. The van der Waals surface area contributed by atoms with Crippen LogP contribution in [0, 0.1) is 5.41 Å². The second-order valence-electron chi connectivity index (χ2n) is 19.9. The van der Waals surface area contributed by atoms with Crippen LogP contribution in [0.15, 0.2) is 9.98 Å². The van der Waals surface area contributed by atoms with E-state index in [1.54, 1.807) is 14.2 Å². The van der Waals surface area contributed by atoms with Crippen LogP contribution in [0.4, 0.5) is 0 Å². The van der Waals surface area contributed by atoms with Gasteiger partial charge in [0.25, 0.3) is 0 Å². The molecule has 3 atom stereocenters. The molecule has 0 fully saturated rings. The Kier molecular flexibility index (Phi) is 46.2. The van der Waals surface area contributed by atoms with Crippen LogP contribution in [0.1, 0.15) is 175 Å². The average molecular weight is 1000 g/mol. The van der Waals surface area contributed by atoms with Gasteiger partial charge in [-0.3, -0.25) is 15.4 Å². The zero-order valence-electron chi connectivity index (χ0n) is 46.4. The van der Waals surface area contributed by atoms with Gasteiger partial charge in [-0.2, -0.15) is 0 Å². The lowest BCUT2D eigenvalue weighted by Crippen LogP contribution is -2.47. The summed E-state index contributed by atoms with van der Waals surface area (Å²) in [5.41, 5.74) is 8.96. The molecule has 0 aliphatic heterocycles. The first kappa shape index (κ1) is 67.4. The van der Waals surface area contributed by atoms with Gasteiger partial charge in [-0.25, -0.2) is 5.84 Å². The highest BCUT2D eigenvalue weighted by Gasteiger charge is 2.29. The molecule has 0 saturated heterocycles. The summed E-state index contributed by atoms with van der Waals surface area (Å²) in [6, 6.07) is 0.998. The molecule has 0 aliphatic rings. The van der Waals surface area contributed by atoms with Gasteiger partial charge in [0.05, 0.1) is 32.5 Å². The smallest absolute Gasteiger partial charge is 0.334 e. The van der Waals surface area contributed by atoms with Gasteiger partial charge in [0.2, 0.25) is 5.96 Å². The van der Waals surface area contributed by atoms with E-state index < -0.39 is 14.7 Å². The molecule has 0 aliphatic carbocycles. The Morgan fingerprint density at radius 3 is 1.58 bits per heavy atom. The molecule has 69 heavy (non-hydrogen) atoms. The molecule has 0 heterocycles. The number of aliphatic imine (C=N–C) groups is 2. The first-order valence-corrected chi connectivity index (χ1v) is 30.3. The topological polar surface area (TPSA) is 207 Å². The molecular formula is C52H114N10O6Si.